The molecule has 2 heterocycles. The summed E-state index contributed by atoms with van der Waals surface area (Å²) >= 11 is 6.12. The SMILES string of the molecule is NC(=O)c1cnc(N2CC(Cc3ccc(F)c(F)c3)C2)c(Cl)c1. The van der Waals surface area contributed by atoms with E-state index < -0.39 is 17.5 Å². The lowest BCUT2D eigenvalue weighted by molar-refractivity contribution is 0.1000. The number of rotatable bonds is 4. The molecule has 23 heavy (non-hydrogen) atoms. The molecule has 0 aliphatic carbocycles. The van der Waals surface area contributed by atoms with E-state index in [0.717, 1.165) is 11.6 Å². The molecule has 3 rings (SSSR count). The van der Waals surface area contributed by atoms with Crippen molar-refractivity contribution in [3.05, 3.63) is 58.2 Å². The van der Waals surface area contributed by atoms with Crippen LogP contribution in [0.25, 0.3) is 0 Å². The van der Waals surface area contributed by atoms with Crippen LogP contribution in [0.1, 0.15) is 15.9 Å². The lowest BCUT2D eigenvalue weighted by Crippen LogP contribution is -2.48. The van der Waals surface area contributed by atoms with Crippen molar-refractivity contribution in [2.24, 2.45) is 11.7 Å². The molecule has 2 N–H and O–H groups in total. The zero-order valence-corrected chi connectivity index (χ0v) is 12.9. The van der Waals surface area contributed by atoms with Crippen molar-refractivity contribution in [3.8, 4) is 0 Å². The molecule has 1 fully saturated rings. The Bertz CT molecular complexity index is 763. The summed E-state index contributed by atoms with van der Waals surface area (Å²) in [6.07, 6.45) is 2.05. The third-order valence-electron chi connectivity index (χ3n) is 3.87. The third kappa shape index (κ3) is 3.27. The van der Waals surface area contributed by atoms with Gasteiger partial charge in [0.25, 0.3) is 0 Å². The van der Waals surface area contributed by atoms with Gasteiger partial charge >= 0.3 is 0 Å². The minimum atomic E-state index is -0.838. The molecule has 1 amide bonds. The van der Waals surface area contributed by atoms with Gasteiger partial charge in [-0.1, -0.05) is 17.7 Å². The molecule has 1 aliphatic rings. The van der Waals surface area contributed by atoms with Gasteiger partial charge in [-0.25, -0.2) is 13.8 Å². The molecule has 0 saturated carbocycles. The Balaban J connectivity index is 1.62. The largest absolute Gasteiger partial charge is 0.366 e. The normalized spacial score (nSPS) is 14.7. The van der Waals surface area contributed by atoms with E-state index in [1.807, 2.05) is 4.90 Å². The molecule has 7 heteroatoms. The second-order valence-electron chi connectivity index (χ2n) is 5.62. The first-order valence-electron chi connectivity index (χ1n) is 7.08. The monoisotopic (exact) mass is 337 g/mol. The number of primary amides is 1. The number of amides is 1. The van der Waals surface area contributed by atoms with Gasteiger partial charge < -0.3 is 10.6 Å². The van der Waals surface area contributed by atoms with Crippen LogP contribution in [0.5, 0.6) is 0 Å². The first-order chi connectivity index (χ1) is 10.9. The summed E-state index contributed by atoms with van der Waals surface area (Å²) in [7, 11) is 0. The van der Waals surface area contributed by atoms with E-state index in [9.17, 15) is 13.6 Å². The highest BCUT2D eigenvalue weighted by Gasteiger charge is 2.29. The summed E-state index contributed by atoms with van der Waals surface area (Å²) in [5.41, 5.74) is 6.20. The van der Waals surface area contributed by atoms with Crippen molar-refractivity contribution in [1.82, 2.24) is 4.98 Å². The predicted molar refractivity (Wildman–Crippen MR) is 83.5 cm³/mol. The Hall–Kier alpha value is -2.21. The fourth-order valence-corrected chi connectivity index (χ4v) is 2.96. The van der Waals surface area contributed by atoms with E-state index in [-0.39, 0.29) is 5.56 Å². The number of halogens is 3. The van der Waals surface area contributed by atoms with E-state index in [0.29, 0.717) is 36.3 Å². The number of pyridine rings is 1. The summed E-state index contributed by atoms with van der Waals surface area (Å²) in [6.45, 7) is 1.42. The van der Waals surface area contributed by atoms with Crippen LogP contribution in [0.15, 0.2) is 30.5 Å². The smallest absolute Gasteiger partial charge is 0.250 e. The van der Waals surface area contributed by atoms with Gasteiger partial charge in [0.2, 0.25) is 5.91 Å². The molecule has 0 radical (unpaired) electrons. The van der Waals surface area contributed by atoms with Gasteiger partial charge in [-0.2, -0.15) is 0 Å². The lowest BCUT2D eigenvalue weighted by atomic mass is 9.92. The van der Waals surface area contributed by atoms with Crippen molar-refractivity contribution in [2.75, 3.05) is 18.0 Å². The predicted octanol–water partition coefficient (Wildman–Crippen LogP) is 2.79. The van der Waals surface area contributed by atoms with Crippen molar-refractivity contribution in [3.63, 3.8) is 0 Å². The quantitative estimate of drug-likeness (QED) is 0.933. The van der Waals surface area contributed by atoms with Crippen LogP contribution < -0.4 is 10.6 Å². The number of benzene rings is 1. The van der Waals surface area contributed by atoms with Crippen LogP contribution in [0.2, 0.25) is 5.02 Å². The van der Waals surface area contributed by atoms with Gasteiger partial charge in [-0.15, -0.1) is 0 Å². The summed E-state index contributed by atoms with van der Waals surface area (Å²) in [5, 5.41) is 0.368. The zero-order valence-electron chi connectivity index (χ0n) is 12.1. The number of hydrogen-bond acceptors (Lipinski definition) is 3. The summed E-state index contributed by atoms with van der Waals surface area (Å²) < 4.78 is 26.1. The summed E-state index contributed by atoms with van der Waals surface area (Å²) in [6, 6.07) is 5.45. The number of anilines is 1. The van der Waals surface area contributed by atoms with Crippen LogP contribution >= 0.6 is 11.6 Å². The number of aromatic nitrogens is 1. The zero-order chi connectivity index (χ0) is 16.6. The standard InChI is InChI=1S/C16H14ClF2N3O/c17-12-5-11(15(20)23)6-21-16(12)22-7-10(8-22)3-9-1-2-13(18)14(19)4-9/h1-2,4-6,10H,3,7-8H2,(H2,20,23). The van der Waals surface area contributed by atoms with Gasteiger partial charge in [0, 0.05) is 19.3 Å². The highest BCUT2D eigenvalue weighted by molar-refractivity contribution is 6.33. The van der Waals surface area contributed by atoms with E-state index in [2.05, 4.69) is 4.98 Å². The lowest BCUT2D eigenvalue weighted by Gasteiger charge is -2.40. The van der Waals surface area contributed by atoms with E-state index >= 15 is 0 Å². The molecule has 1 aliphatic heterocycles. The topological polar surface area (TPSA) is 59.2 Å². The summed E-state index contributed by atoms with van der Waals surface area (Å²) in [4.78, 5) is 17.2. The fourth-order valence-electron chi connectivity index (χ4n) is 2.67. The first-order valence-corrected chi connectivity index (χ1v) is 7.46. The number of carbonyl (C=O) groups is 1. The van der Waals surface area contributed by atoms with Crippen molar-refractivity contribution in [2.45, 2.75) is 6.42 Å². The molecule has 0 spiro atoms. The van der Waals surface area contributed by atoms with Crippen LogP contribution in [-0.4, -0.2) is 24.0 Å². The van der Waals surface area contributed by atoms with Crippen LogP contribution in [0.3, 0.4) is 0 Å². The molecule has 120 valence electrons. The van der Waals surface area contributed by atoms with Gasteiger partial charge in [-0.3, -0.25) is 4.79 Å². The molecular formula is C16H14ClF2N3O. The maximum Gasteiger partial charge on any atom is 0.250 e. The molecule has 1 aromatic carbocycles. The number of nitrogens with zero attached hydrogens (tertiary/aromatic N) is 2. The molecule has 0 atom stereocenters. The molecular weight excluding hydrogens is 324 g/mol. The molecule has 2 aromatic rings. The minimum absolute atomic E-state index is 0.262. The van der Waals surface area contributed by atoms with Crippen molar-refractivity contribution >= 4 is 23.3 Å². The average molecular weight is 338 g/mol. The minimum Gasteiger partial charge on any atom is -0.366 e. The molecule has 1 saturated heterocycles. The number of nitrogens with two attached hydrogens (primary N) is 1. The van der Waals surface area contributed by atoms with Gasteiger partial charge in [-0.05, 0) is 36.1 Å². The Morgan fingerprint density at radius 2 is 2.04 bits per heavy atom. The molecule has 0 unspecified atom stereocenters. The highest BCUT2D eigenvalue weighted by atomic mass is 35.5. The summed E-state index contributed by atoms with van der Waals surface area (Å²) in [5.74, 6) is -1.34. The maximum atomic E-state index is 13.2. The van der Waals surface area contributed by atoms with E-state index in [1.54, 1.807) is 6.07 Å². The van der Waals surface area contributed by atoms with E-state index in [1.165, 1.54) is 18.3 Å². The van der Waals surface area contributed by atoms with Crippen LogP contribution in [0, 0.1) is 17.6 Å². The molecule has 1 aromatic heterocycles. The average Bonchev–Trinajstić information content (AvgIpc) is 2.46. The maximum absolute atomic E-state index is 13.2. The second-order valence-corrected chi connectivity index (χ2v) is 6.02. The second kappa shape index (κ2) is 6.12. The number of carbonyl (C=O) groups excluding carboxylic acids is 1. The first kappa shape index (κ1) is 15.7. The molecule has 0 bridgehead atoms. The van der Waals surface area contributed by atoms with Crippen LogP contribution in [0.4, 0.5) is 14.6 Å². The van der Waals surface area contributed by atoms with E-state index in [4.69, 9.17) is 17.3 Å². The van der Waals surface area contributed by atoms with Gasteiger partial charge in [0.15, 0.2) is 11.6 Å². The van der Waals surface area contributed by atoms with Crippen molar-refractivity contribution < 1.29 is 13.6 Å². The molecule has 4 nitrogen and oxygen atoms in total. The van der Waals surface area contributed by atoms with Crippen LogP contribution in [-0.2, 0) is 6.42 Å². The highest BCUT2D eigenvalue weighted by Crippen LogP contribution is 2.31. The number of hydrogen-bond donors (Lipinski definition) is 1. The Kier molecular flexibility index (Phi) is 4.17. The Labute approximate surface area is 136 Å². The Morgan fingerprint density at radius 3 is 2.65 bits per heavy atom. The third-order valence-corrected chi connectivity index (χ3v) is 4.15. The van der Waals surface area contributed by atoms with Gasteiger partial charge in [0.1, 0.15) is 5.82 Å². The van der Waals surface area contributed by atoms with Gasteiger partial charge in [0.05, 0.1) is 10.6 Å². The fraction of sp³-hybridized carbons (Fsp3) is 0.250. The Morgan fingerprint density at radius 1 is 1.30 bits per heavy atom. The van der Waals surface area contributed by atoms with Crippen molar-refractivity contribution in [1.29, 1.82) is 0 Å².